The summed E-state index contributed by atoms with van der Waals surface area (Å²) in [6.45, 7) is 6.71. The molecule has 0 spiro atoms. The number of nitriles is 1. The summed E-state index contributed by atoms with van der Waals surface area (Å²) in [5.74, 6) is 0. The third kappa shape index (κ3) is 3.14. The number of ether oxygens (including phenoxy) is 1. The molecule has 1 heterocycles. The predicted octanol–water partition coefficient (Wildman–Crippen LogP) is 1.06. The van der Waals surface area contributed by atoms with Crippen LogP contribution in [0.2, 0.25) is 0 Å². The van der Waals surface area contributed by atoms with Crippen molar-refractivity contribution in [1.82, 2.24) is 9.78 Å². The van der Waals surface area contributed by atoms with Crippen LogP contribution in [0.4, 0.5) is 0 Å². The minimum absolute atomic E-state index is 0.126. The van der Waals surface area contributed by atoms with Crippen LogP contribution in [0.3, 0.4) is 0 Å². The first kappa shape index (κ1) is 13.4. The Bertz CT molecular complexity index is 492. The second-order valence-electron chi connectivity index (χ2n) is 4.83. The van der Waals surface area contributed by atoms with E-state index >= 15 is 0 Å². The number of nitrogens with zero attached hydrogens (tertiary/aromatic N) is 3. The molecule has 5 nitrogen and oxygen atoms in total. The molecule has 0 N–H and O–H groups in total. The van der Waals surface area contributed by atoms with Gasteiger partial charge in [-0.2, -0.15) is 10.4 Å². The zero-order valence-corrected chi connectivity index (χ0v) is 10.6. The highest BCUT2D eigenvalue weighted by Crippen LogP contribution is 2.19. The zero-order valence-electron chi connectivity index (χ0n) is 10.6. The van der Waals surface area contributed by atoms with Crippen LogP contribution in [0.5, 0.6) is 0 Å². The van der Waals surface area contributed by atoms with Gasteiger partial charge in [-0.25, -0.2) is 4.68 Å². The molecule has 0 radical (unpaired) electrons. The Morgan fingerprint density at radius 3 is 2.65 bits per heavy atom. The van der Waals surface area contributed by atoms with E-state index in [9.17, 15) is 4.79 Å². The molecular weight excluding hydrogens is 218 g/mol. The Balaban J connectivity index is 3.30. The largest absolute Gasteiger partial charge is 0.383 e. The highest BCUT2D eigenvalue weighted by Gasteiger charge is 2.19. The van der Waals surface area contributed by atoms with Crippen molar-refractivity contribution in [2.24, 2.45) is 0 Å². The second kappa shape index (κ2) is 5.11. The van der Waals surface area contributed by atoms with Gasteiger partial charge in [0.15, 0.2) is 0 Å². The molecule has 0 amide bonds. The van der Waals surface area contributed by atoms with Crippen LogP contribution < -0.4 is 5.56 Å². The van der Waals surface area contributed by atoms with Crippen LogP contribution in [0.15, 0.2) is 10.9 Å². The first-order chi connectivity index (χ1) is 7.90. The molecule has 0 aliphatic rings. The van der Waals surface area contributed by atoms with E-state index in [0.29, 0.717) is 13.2 Å². The number of hydrogen-bond acceptors (Lipinski definition) is 4. The first-order valence-electron chi connectivity index (χ1n) is 5.42. The van der Waals surface area contributed by atoms with Gasteiger partial charge in [-0.1, -0.05) is 20.8 Å². The molecule has 0 unspecified atom stereocenters. The third-order valence-corrected chi connectivity index (χ3v) is 2.37. The van der Waals surface area contributed by atoms with E-state index in [4.69, 9.17) is 10.00 Å². The maximum atomic E-state index is 11.8. The molecule has 0 bridgehead atoms. The highest BCUT2D eigenvalue weighted by atomic mass is 16.5. The Labute approximate surface area is 101 Å². The van der Waals surface area contributed by atoms with Gasteiger partial charge in [0, 0.05) is 12.5 Å². The maximum Gasteiger partial charge on any atom is 0.284 e. The molecule has 0 saturated carbocycles. The van der Waals surface area contributed by atoms with Gasteiger partial charge in [-0.3, -0.25) is 4.79 Å². The van der Waals surface area contributed by atoms with Gasteiger partial charge in [0.2, 0.25) is 0 Å². The van der Waals surface area contributed by atoms with Crippen LogP contribution in [0.1, 0.15) is 32.0 Å². The smallest absolute Gasteiger partial charge is 0.284 e. The summed E-state index contributed by atoms with van der Waals surface area (Å²) in [7, 11) is 1.56. The molecule has 0 saturated heterocycles. The van der Waals surface area contributed by atoms with E-state index in [-0.39, 0.29) is 16.5 Å². The van der Waals surface area contributed by atoms with Crippen molar-refractivity contribution in [2.75, 3.05) is 13.7 Å². The van der Waals surface area contributed by atoms with Crippen molar-refractivity contribution >= 4 is 0 Å². The second-order valence-corrected chi connectivity index (χ2v) is 4.83. The Morgan fingerprint density at radius 1 is 1.53 bits per heavy atom. The molecule has 0 atom stereocenters. The first-order valence-corrected chi connectivity index (χ1v) is 5.42. The van der Waals surface area contributed by atoms with Gasteiger partial charge >= 0.3 is 0 Å². The minimum Gasteiger partial charge on any atom is -0.383 e. The van der Waals surface area contributed by atoms with Crippen LogP contribution in [0.25, 0.3) is 0 Å². The normalized spacial score (nSPS) is 11.2. The standard InChI is InChI=1S/C12H17N3O2/c1-12(2,3)10-7-9(8-13)11(16)15(14-10)5-6-17-4/h7H,5-6H2,1-4H3. The summed E-state index contributed by atoms with van der Waals surface area (Å²) in [4.78, 5) is 11.8. The van der Waals surface area contributed by atoms with Crippen molar-refractivity contribution in [3.63, 3.8) is 0 Å². The number of aromatic nitrogens is 2. The molecule has 92 valence electrons. The van der Waals surface area contributed by atoms with E-state index in [2.05, 4.69) is 5.10 Å². The fourth-order valence-electron chi connectivity index (χ4n) is 1.32. The quantitative estimate of drug-likeness (QED) is 0.785. The predicted molar refractivity (Wildman–Crippen MR) is 63.8 cm³/mol. The molecule has 1 aromatic heterocycles. The number of hydrogen-bond donors (Lipinski definition) is 0. The van der Waals surface area contributed by atoms with E-state index in [1.165, 1.54) is 4.68 Å². The third-order valence-electron chi connectivity index (χ3n) is 2.37. The van der Waals surface area contributed by atoms with Gasteiger partial charge < -0.3 is 4.74 Å². The SMILES string of the molecule is COCCn1nc(C(C)(C)C)cc(C#N)c1=O. The molecule has 0 aromatic carbocycles. The fourth-order valence-corrected chi connectivity index (χ4v) is 1.32. The number of methoxy groups -OCH3 is 1. The molecule has 5 heteroatoms. The molecule has 0 aliphatic heterocycles. The Morgan fingerprint density at radius 2 is 2.18 bits per heavy atom. The monoisotopic (exact) mass is 235 g/mol. The van der Waals surface area contributed by atoms with E-state index in [1.807, 2.05) is 26.8 Å². The average molecular weight is 235 g/mol. The zero-order chi connectivity index (χ0) is 13.1. The lowest BCUT2D eigenvalue weighted by atomic mass is 9.91. The van der Waals surface area contributed by atoms with Crippen LogP contribution in [0, 0.1) is 11.3 Å². The van der Waals surface area contributed by atoms with E-state index in [0.717, 1.165) is 5.69 Å². The van der Waals surface area contributed by atoms with Gasteiger partial charge in [-0.15, -0.1) is 0 Å². The van der Waals surface area contributed by atoms with E-state index in [1.54, 1.807) is 13.2 Å². The highest BCUT2D eigenvalue weighted by molar-refractivity contribution is 5.29. The van der Waals surface area contributed by atoms with Crippen molar-refractivity contribution in [3.8, 4) is 6.07 Å². The Hall–Kier alpha value is -1.67. The van der Waals surface area contributed by atoms with Gasteiger partial charge in [0.1, 0.15) is 11.6 Å². The van der Waals surface area contributed by atoms with Crippen LogP contribution >= 0.6 is 0 Å². The molecule has 0 aliphatic carbocycles. The van der Waals surface area contributed by atoms with Crippen molar-refractivity contribution < 1.29 is 4.74 Å². The summed E-state index contributed by atoms with van der Waals surface area (Å²) in [6.07, 6.45) is 0. The molecular formula is C12H17N3O2. The van der Waals surface area contributed by atoms with Gasteiger partial charge in [-0.05, 0) is 6.07 Å². The van der Waals surface area contributed by atoms with Crippen LogP contribution in [-0.2, 0) is 16.7 Å². The summed E-state index contributed by atoms with van der Waals surface area (Å²) in [5, 5.41) is 13.2. The average Bonchev–Trinajstić information content (AvgIpc) is 2.26. The molecule has 0 fully saturated rings. The van der Waals surface area contributed by atoms with Gasteiger partial charge in [0.05, 0.1) is 18.8 Å². The fraction of sp³-hybridized carbons (Fsp3) is 0.583. The lowest BCUT2D eigenvalue weighted by Crippen LogP contribution is -2.30. The summed E-state index contributed by atoms with van der Waals surface area (Å²) < 4.78 is 6.21. The van der Waals surface area contributed by atoms with Crippen LogP contribution in [-0.4, -0.2) is 23.5 Å². The van der Waals surface area contributed by atoms with Crippen molar-refractivity contribution in [2.45, 2.75) is 32.7 Å². The van der Waals surface area contributed by atoms with E-state index < -0.39 is 0 Å². The molecule has 1 aromatic rings. The van der Waals surface area contributed by atoms with Gasteiger partial charge in [0.25, 0.3) is 5.56 Å². The molecule has 1 rings (SSSR count). The van der Waals surface area contributed by atoms with Crippen molar-refractivity contribution in [1.29, 1.82) is 5.26 Å². The summed E-state index contributed by atoms with van der Waals surface area (Å²) in [6, 6.07) is 3.47. The topological polar surface area (TPSA) is 67.9 Å². The van der Waals surface area contributed by atoms with Crippen molar-refractivity contribution in [3.05, 3.63) is 27.7 Å². The maximum absolute atomic E-state index is 11.8. The lowest BCUT2D eigenvalue weighted by molar-refractivity contribution is 0.181. The lowest BCUT2D eigenvalue weighted by Gasteiger charge is -2.18. The Kier molecular flexibility index (Phi) is 4.02. The molecule has 17 heavy (non-hydrogen) atoms. The summed E-state index contributed by atoms with van der Waals surface area (Å²) in [5.41, 5.74) is 0.289. The summed E-state index contributed by atoms with van der Waals surface area (Å²) >= 11 is 0. The minimum atomic E-state index is -0.363. The number of rotatable bonds is 3.